The second kappa shape index (κ2) is 14.6. The van der Waals surface area contributed by atoms with Crippen LogP contribution in [0.3, 0.4) is 0 Å². The van der Waals surface area contributed by atoms with Crippen molar-refractivity contribution in [2.45, 2.75) is 0 Å². The monoisotopic (exact) mass is 749 g/mol. The molecule has 59 heavy (non-hydrogen) atoms. The lowest BCUT2D eigenvalue weighted by atomic mass is 9.84. The van der Waals surface area contributed by atoms with E-state index < -0.39 is 0 Å². The fraction of sp³-hybridized carbons (Fsp3) is 0. The highest BCUT2D eigenvalue weighted by Crippen LogP contribution is 2.48. The summed E-state index contributed by atoms with van der Waals surface area (Å²) >= 11 is 0. The van der Waals surface area contributed by atoms with Crippen molar-refractivity contribution >= 4 is 60.2 Å². The third kappa shape index (κ3) is 6.12. The van der Waals surface area contributed by atoms with E-state index in [1.807, 2.05) is 0 Å². The highest BCUT2D eigenvalue weighted by atomic mass is 15.1. The maximum absolute atomic E-state index is 2.46. The van der Waals surface area contributed by atoms with Crippen molar-refractivity contribution < 1.29 is 0 Å². The molecule has 0 saturated carbocycles. The van der Waals surface area contributed by atoms with Crippen LogP contribution in [-0.2, 0) is 0 Å². The van der Waals surface area contributed by atoms with Crippen molar-refractivity contribution in [3.05, 3.63) is 237 Å². The van der Waals surface area contributed by atoms with Gasteiger partial charge in [-0.1, -0.05) is 200 Å². The molecular formula is C58H39N. The Labute approximate surface area is 344 Å². The van der Waals surface area contributed by atoms with Crippen LogP contribution in [0.4, 0.5) is 17.1 Å². The minimum absolute atomic E-state index is 1.10. The van der Waals surface area contributed by atoms with Gasteiger partial charge >= 0.3 is 0 Å². The van der Waals surface area contributed by atoms with Crippen LogP contribution in [0.5, 0.6) is 0 Å². The molecule has 0 aliphatic rings. The molecule has 11 rings (SSSR count). The Bertz CT molecular complexity index is 3320. The lowest BCUT2D eigenvalue weighted by molar-refractivity contribution is 1.30. The molecule has 0 N–H and O–H groups in total. The van der Waals surface area contributed by atoms with Crippen LogP contribution in [0.25, 0.3) is 87.6 Å². The minimum Gasteiger partial charge on any atom is -0.309 e. The fourth-order valence-corrected chi connectivity index (χ4v) is 9.09. The normalized spacial score (nSPS) is 11.4. The van der Waals surface area contributed by atoms with E-state index in [0.717, 1.165) is 28.2 Å². The Morgan fingerprint density at radius 1 is 0.237 bits per heavy atom. The first-order valence-electron chi connectivity index (χ1n) is 20.3. The van der Waals surface area contributed by atoms with Gasteiger partial charge in [0.1, 0.15) is 0 Å². The predicted molar refractivity (Wildman–Crippen MR) is 253 cm³/mol. The maximum atomic E-state index is 2.46. The van der Waals surface area contributed by atoms with E-state index >= 15 is 0 Å². The van der Waals surface area contributed by atoms with Crippen LogP contribution in [0, 0.1) is 0 Å². The number of rotatable bonds is 7. The summed E-state index contributed by atoms with van der Waals surface area (Å²) in [6.45, 7) is 0. The summed E-state index contributed by atoms with van der Waals surface area (Å²) in [6, 6.07) is 86.4. The molecule has 0 spiro atoms. The van der Waals surface area contributed by atoms with Crippen LogP contribution in [0.15, 0.2) is 237 Å². The van der Waals surface area contributed by atoms with Gasteiger partial charge in [0, 0.05) is 16.6 Å². The van der Waals surface area contributed by atoms with E-state index in [1.54, 1.807) is 0 Å². The Hall–Kier alpha value is -7.74. The van der Waals surface area contributed by atoms with E-state index in [0.29, 0.717) is 0 Å². The first-order valence-corrected chi connectivity index (χ1v) is 20.3. The van der Waals surface area contributed by atoms with Gasteiger partial charge in [0.15, 0.2) is 0 Å². The van der Waals surface area contributed by atoms with Crippen LogP contribution in [-0.4, -0.2) is 0 Å². The van der Waals surface area contributed by atoms with Gasteiger partial charge in [-0.3, -0.25) is 0 Å². The summed E-state index contributed by atoms with van der Waals surface area (Å²) in [4.78, 5) is 2.46. The van der Waals surface area contributed by atoms with E-state index in [-0.39, 0.29) is 0 Å². The van der Waals surface area contributed by atoms with Gasteiger partial charge in [0.05, 0.1) is 11.4 Å². The lowest BCUT2D eigenvalue weighted by Crippen LogP contribution is -2.12. The minimum atomic E-state index is 1.10. The second-order valence-electron chi connectivity index (χ2n) is 15.3. The molecule has 1 heteroatoms. The lowest BCUT2D eigenvalue weighted by Gasteiger charge is -2.29. The molecule has 276 valence electrons. The first kappa shape index (κ1) is 34.5. The molecule has 0 saturated heterocycles. The molecule has 0 radical (unpaired) electrons. The number of hydrogen-bond acceptors (Lipinski definition) is 1. The van der Waals surface area contributed by atoms with Crippen LogP contribution in [0.2, 0.25) is 0 Å². The number of benzene rings is 11. The van der Waals surface area contributed by atoms with Crippen LogP contribution >= 0.6 is 0 Å². The quantitative estimate of drug-likeness (QED) is 0.147. The molecule has 0 unspecified atom stereocenters. The number of nitrogens with zero attached hydrogens (tertiary/aromatic N) is 1. The topological polar surface area (TPSA) is 3.24 Å². The van der Waals surface area contributed by atoms with Crippen molar-refractivity contribution in [1.82, 2.24) is 0 Å². The van der Waals surface area contributed by atoms with Crippen LogP contribution < -0.4 is 4.90 Å². The Kier molecular flexibility index (Phi) is 8.56. The van der Waals surface area contributed by atoms with E-state index in [2.05, 4.69) is 241 Å². The number of fused-ring (bicyclic) bond motifs is 5. The highest BCUT2D eigenvalue weighted by Gasteiger charge is 2.22. The molecule has 11 aromatic rings. The van der Waals surface area contributed by atoms with E-state index in [4.69, 9.17) is 0 Å². The summed E-state index contributed by atoms with van der Waals surface area (Å²) in [6.07, 6.45) is 0. The molecule has 0 aromatic heterocycles. The molecule has 0 heterocycles. The molecule has 11 aromatic carbocycles. The van der Waals surface area contributed by atoms with Gasteiger partial charge in [-0.15, -0.1) is 0 Å². The Morgan fingerprint density at radius 3 is 1.56 bits per heavy atom. The van der Waals surface area contributed by atoms with E-state index in [9.17, 15) is 0 Å². The Morgan fingerprint density at radius 2 is 0.763 bits per heavy atom. The summed E-state index contributed by atoms with van der Waals surface area (Å²) in [5.41, 5.74) is 13.0. The van der Waals surface area contributed by atoms with Gasteiger partial charge in [-0.05, 0) is 113 Å². The van der Waals surface area contributed by atoms with Gasteiger partial charge in [-0.2, -0.15) is 0 Å². The molecular weight excluding hydrogens is 711 g/mol. The summed E-state index contributed by atoms with van der Waals surface area (Å²) in [5.74, 6) is 0. The molecule has 0 amide bonds. The third-order valence-electron chi connectivity index (χ3n) is 11.8. The molecule has 0 bridgehead atoms. The van der Waals surface area contributed by atoms with Gasteiger partial charge in [-0.25, -0.2) is 0 Å². The number of para-hydroxylation sites is 1. The fourth-order valence-electron chi connectivity index (χ4n) is 9.09. The molecule has 0 atom stereocenters. The van der Waals surface area contributed by atoms with Crippen LogP contribution in [0.1, 0.15) is 0 Å². The summed E-state index contributed by atoms with van der Waals surface area (Å²) < 4.78 is 0. The Balaban J connectivity index is 1.17. The average Bonchev–Trinajstić information content (AvgIpc) is 3.32. The van der Waals surface area contributed by atoms with Gasteiger partial charge < -0.3 is 4.90 Å². The smallest absolute Gasteiger partial charge is 0.0540 e. The standard InChI is InChI=1S/C58H39N/c1-3-19-42(20-4-1)57-53-30-12-11-29-51(53)52-36-35-47(39-54(52)58(57)43-21-5-2-6-22-43)50-28-13-14-31-55(50)59(56-32-16-24-41-18-9-10-27-49(41)56)48-26-15-25-45(38-48)46-34-33-40-17-7-8-23-44(40)37-46/h1-39H. The average molecular weight is 750 g/mol. The van der Waals surface area contributed by atoms with Crippen molar-refractivity contribution in [2.24, 2.45) is 0 Å². The van der Waals surface area contributed by atoms with Gasteiger partial charge in [0.25, 0.3) is 0 Å². The van der Waals surface area contributed by atoms with Crippen molar-refractivity contribution in [3.63, 3.8) is 0 Å². The van der Waals surface area contributed by atoms with E-state index in [1.165, 1.54) is 76.5 Å². The van der Waals surface area contributed by atoms with Crippen molar-refractivity contribution in [2.75, 3.05) is 4.90 Å². The molecule has 0 aliphatic carbocycles. The SMILES string of the molecule is c1ccc(-c2c(-c3ccccc3)c3cc(-c4ccccc4N(c4cccc(-c5ccc6ccccc6c5)c4)c4cccc5ccccc45)ccc3c3ccccc23)cc1. The molecule has 0 fully saturated rings. The predicted octanol–water partition coefficient (Wildman–Crippen LogP) is 16.4. The third-order valence-corrected chi connectivity index (χ3v) is 11.8. The second-order valence-corrected chi connectivity index (χ2v) is 15.3. The zero-order valence-electron chi connectivity index (χ0n) is 32.5. The zero-order valence-corrected chi connectivity index (χ0v) is 32.5. The zero-order chi connectivity index (χ0) is 39.1. The molecule has 0 aliphatic heterocycles. The maximum Gasteiger partial charge on any atom is 0.0540 e. The number of hydrogen-bond donors (Lipinski definition) is 0. The van der Waals surface area contributed by atoms with Crippen molar-refractivity contribution in [3.8, 4) is 44.5 Å². The van der Waals surface area contributed by atoms with Gasteiger partial charge in [0.2, 0.25) is 0 Å². The highest BCUT2D eigenvalue weighted by molar-refractivity contribution is 6.22. The molecule has 1 nitrogen and oxygen atoms in total. The largest absolute Gasteiger partial charge is 0.309 e. The summed E-state index contributed by atoms with van der Waals surface area (Å²) in [5, 5.41) is 9.87. The number of anilines is 3. The van der Waals surface area contributed by atoms with Crippen molar-refractivity contribution in [1.29, 1.82) is 0 Å². The first-order chi connectivity index (χ1) is 29.3. The summed E-state index contributed by atoms with van der Waals surface area (Å²) in [7, 11) is 0.